The molecule has 0 bridgehead atoms. The van der Waals surface area contributed by atoms with Crippen LogP contribution in [0.3, 0.4) is 0 Å². The number of nitrogens with zero attached hydrogens (tertiary/aromatic N) is 2. The van der Waals surface area contributed by atoms with Gasteiger partial charge >= 0.3 is 0 Å². The Hall–Kier alpha value is -1.66. The van der Waals surface area contributed by atoms with E-state index < -0.39 is 10.0 Å². The predicted molar refractivity (Wildman–Crippen MR) is 78.7 cm³/mol. The van der Waals surface area contributed by atoms with Gasteiger partial charge in [0.1, 0.15) is 0 Å². The van der Waals surface area contributed by atoms with Gasteiger partial charge in [0.15, 0.2) is 0 Å². The molecule has 2 rings (SSSR count). The van der Waals surface area contributed by atoms with Crippen molar-refractivity contribution in [3.8, 4) is 0 Å². The van der Waals surface area contributed by atoms with E-state index in [1.54, 1.807) is 19.4 Å². The minimum atomic E-state index is -3.29. The molecule has 1 N–H and O–H groups in total. The summed E-state index contributed by atoms with van der Waals surface area (Å²) in [5.41, 5.74) is 1.89. The quantitative estimate of drug-likeness (QED) is 0.885. The highest BCUT2D eigenvalue weighted by Crippen LogP contribution is 2.19. The lowest BCUT2D eigenvalue weighted by Crippen LogP contribution is -2.30. The van der Waals surface area contributed by atoms with Gasteiger partial charge in [0, 0.05) is 25.4 Å². The van der Waals surface area contributed by atoms with Crippen molar-refractivity contribution in [3.63, 3.8) is 0 Å². The van der Waals surface area contributed by atoms with Crippen LogP contribution in [0.2, 0.25) is 0 Å². The van der Waals surface area contributed by atoms with Crippen LogP contribution in [-0.2, 0) is 16.6 Å². The maximum Gasteiger partial charge on any atom is 0.214 e. The summed E-state index contributed by atoms with van der Waals surface area (Å²) in [5.74, 6) is 0.0683. The second-order valence-electron chi connectivity index (χ2n) is 4.95. The normalized spacial score (nSPS) is 13.6. The molecule has 5 nitrogen and oxygen atoms in total. The summed E-state index contributed by atoms with van der Waals surface area (Å²) in [6.45, 7) is 2.26. The summed E-state index contributed by atoms with van der Waals surface area (Å²) in [7, 11) is -1.69. The van der Waals surface area contributed by atoms with Gasteiger partial charge in [-0.25, -0.2) is 12.7 Å². The minimum Gasteiger partial charge on any atom is -0.285 e. The fraction of sp³-hybridized carbons (Fsp3) is 0.357. The highest BCUT2D eigenvalue weighted by Gasteiger charge is 2.22. The Morgan fingerprint density at radius 3 is 2.60 bits per heavy atom. The first kappa shape index (κ1) is 14.7. The highest BCUT2D eigenvalue weighted by atomic mass is 32.2. The first-order valence-electron chi connectivity index (χ1n) is 6.45. The van der Waals surface area contributed by atoms with E-state index in [2.05, 4.69) is 10.2 Å². The van der Waals surface area contributed by atoms with Gasteiger partial charge in [0.2, 0.25) is 10.0 Å². The number of aromatic nitrogens is 2. The number of hydrogen-bond donors (Lipinski definition) is 1. The van der Waals surface area contributed by atoms with Crippen LogP contribution in [0, 0.1) is 0 Å². The van der Waals surface area contributed by atoms with Crippen molar-refractivity contribution in [2.75, 3.05) is 12.8 Å². The Labute approximate surface area is 119 Å². The number of sulfonamides is 1. The van der Waals surface area contributed by atoms with Gasteiger partial charge in [0.25, 0.3) is 0 Å². The molecule has 1 aromatic carbocycles. The number of aromatic amines is 1. The average molecular weight is 293 g/mol. The van der Waals surface area contributed by atoms with Crippen molar-refractivity contribution in [2.24, 2.45) is 0 Å². The minimum absolute atomic E-state index is 0.0343. The summed E-state index contributed by atoms with van der Waals surface area (Å²) in [6.07, 6.45) is 3.33. The van der Waals surface area contributed by atoms with Crippen molar-refractivity contribution in [1.82, 2.24) is 14.5 Å². The van der Waals surface area contributed by atoms with Crippen LogP contribution in [-0.4, -0.2) is 35.7 Å². The van der Waals surface area contributed by atoms with E-state index in [0.29, 0.717) is 6.54 Å². The maximum absolute atomic E-state index is 12.3. The predicted octanol–water partition coefficient (Wildman–Crippen LogP) is 1.97. The molecule has 1 heterocycles. The Bertz CT molecular complexity index is 624. The van der Waals surface area contributed by atoms with Gasteiger partial charge < -0.3 is 0 Å². The molecule has 6 heteroatoms. The molecule has 108 valence electrons. The van der Waals surface area contributed by atoms with E-state index in [1.165, 1.54) is 4.31 Å². The van der Waals surface area contributed by atoms with Crippen LogP contribution in [0.15, 0.2) is 42.7 Å². The molecule has 20 heavy (non-hydrogen) atoms. The fourth-order valence-electron chi connectivity index (χ4n) is 2.04. The van der Waals surface area contributed by atoms with Crippen molar-refractivity contribution in [1.29, 1.82) is 0 Å². The zero-order valence-electron chi connectivity index (χ0n) is 11.7. The fourth-order valence-corrected chi connectivity index (χ4v) is 3.47. The first-order chi connectivity index (χ1) is 9.49. The second kappa shape index (κ2) is 6.19. The van der Waals surface area contributed by atoms with Gasteiger partial charge in [-0.2, -0.15) is 5.10 Å². The summed E-state index contributed by atoms with van der Waals surface area (Å²) in [6, 6.07) is 9.68. The molecule has 2 aromatic rings. The van der Waals surface area contributed by atoms with Crippen LogP contribution in [0.1, 0.15) is 24.0 Å². The van der Waals surface area contributed by atoms with E-state index in [1.807, 2.05) is 37.3 Å². The van der Waals surface area contributed by atoms with E-state index in [9.17, 15) is 8.42 Å². The summed E-state index contributed by atoms with van der Waals surface area (Å²) >= 11 is 0. The van der Waals surface area contributed by atoms with Crippen LogP contribution in [0.25, 0.3) is 0 Å². The largest absolute Gasteiger partial charge is 0.285 e. The maximum atomic E-state index is 12.3. The van der Waals surface area contributed by atoms with Crippen LogP contribution in [0.4, 0.5) is 0 Å². The lowest BCUT2D eigenvalue weighted by molar-refractivity contribution is 0.463. The Kier molecular flexibility index (Phi) is 4.57. The molecular formula is C14H19N3O2S. The SMILES string of the molecule is CC(CS(=O)(=O)N(C)Cc1cn[nH]c1)c1ccccc1. The molecule has 0 saturated heterocycles. The molecule has 0 radical (unpaired) electrons. The molecule has 0 spiro atoms. The standard InChI is InChI=1S/C14H19N3O2S/c1-12(14-6-4-3-5-7-14)11-20(18,19)17(2)10-13-8-15-16-9-13/h3-9,12H,10-11H2,1-2H3,(H,15,16). The van der Waals surface area contributed by atoms with Crippen molar-refractivity contribution in [3.05, 3.63) is 53.9 Å². The van der Waals surface area contributed by atoms with Crippen molar-refractivity contribution in [2.45, 2.75) is 19.4 Å². The molecule has 0 amide bonds. The molecule has 0 aliphatic heterocycles. The van der Waals surface area contributed by atoms with Gasteiger partial charge in [-0.1, -0.05) is 37.3 Å². The molecule has 1 aromatic heterocycles. The van der Waals surface area contributed by atoms with Gasteiger partial charge in [-0.05, 0) is 11.5 Å². The van der Waals surface area contributed by atoms with E-state index in [-0.39, 0.29) is 11.7 Å². The lowest BCUT2D eigenvalue weighted by Gasteiger charge is -2.19. The third kappa shape index (κ3) is 3.68. The van der Waals surface area contributed by atoms with E-state index >= 15 is 0 Å². The molecule has 1 atom stereocenters. The van der Waals surface area contributed by atoms with Crippen molar-refractivity contribution >= 4 is 10.0 Å². The molecule has 0 fully saturated rings. The molecular weight excluding hydrogens is 274 g/mol. The lowest BCUT2D eigenvalue weighted by atomic mass is 10.0. The smallest absolute Gasteiger partial charge is 0.214 e. The molecule has 0 aliphatic carbocycles. The zero-order chi connectivity index (χ0) is 14.6. The van der Waals surface area contributed by atoms with Crippen LogP contribution in [0.5, 0.6) is 0 Å². The number of rotatable bonds is 6. The first-order valence-corrected chi connectivity index (χ1v) is 8.06. The van der Waals surface area contributed by atoms with E-state index in [4.69, 9.17) is 0 Å². The Morgan fingerprint density at radius 1 is 1.30 bits per heavy atom. The van der Waals surface area contributed by atoms with E-state index in [0.717, 1.165) is 11.1 Å². The molecule has 0 aliphatic rings. The third-order valence-corrected chi connectivity index (χ3v) is 5.26. The molecule has 0 saturated carbocycles. The highest BCUT2D eigenvalue weighted by molar-refractivity contribution is 7.89. The number of hydrogen-bond acceptors (Lipinski definition) is 3. The molecule has 1 unspecified atom stereocenters. The summed E-state index contributed by atoms with van der Waals surface area (Å²) in [5, 5.41) is 6.50. The third-order valence-electron chi connectivity index (χ3n) is 3.26. The Balaban J connectivity index is 2.03. The van der Waals surface area contributed by atoms with Crippen LogP contribution >= 0.6 is 0 Å². The average Bonchev–Trinajstić information content (AvgIpc) is 2.92. The summed E-state index contributed by atoms with van der Waals surface area (Å²) in [4.78, 5) is 0. The topological polar surface area (TPSA) is 66.1 Å². The van der Waals surface area contributed by atoms with Crippen molar-refractivity contribution < 1.29 is 8.42 Å². The van der Waals surface area contributed by atoms with Gasteiger partial charge in [-0.3, -0.25) is 5.10 Å². The number of nitrogens with one attached hydrogen (secondary N) is 1. The zero-order valence-corrected chi connectivity index (χ0v) is 12.5. The van der Waals surface area contributed by atoms with Crippen LogP contribution < -0.4 is 0 Å². The number of H-pyrrole nitrogens is 1. The van der Waals surface area contributed by atoms with Gasteiger partial charge in [0.05, 0.1) is 11.9 Å². The van der Waals surface area contributed by atoms with Gasteiger partial charge in [-0.15, -0.1) is 0 Å². The number of benzene rings is 1. The second-order valence-corrected chi connectivity index (χ2v) is 7.07. The monoisotopic (exact) mass is 293 g/mol. The Morgan fingerprint density at radius 2 is 2.00 bits per heavy atom. The summed E-state index contributed by atoms with van der Waals surface area (Å²) < 4.78 is 26.0.